The maximum atomic E-state index is 12.7. The van der Waals surface area contributed by atoms with Crippen molar-refractivity contribution in [3.05, 3.63) is 35.9 Å². The Labute approximate surface area is 186 Å². The molecule has 0 spiro atoms. The lowest BCUT2D eigenvalue weighted by Gasteiger charge is -2.19. The van der Waals surface area contributed by atoms with E-state index in [0.29, 0.717) is 32.4 Å². The third-order valence-electron chi connectivity index (χ3n) is 4.22. The molecule has 13 nitrogen and oxygen atoms in total. The Morgan fingerprint density at radius 1 is 1.00 bits per heavy atom. The van der Waals surface area contributed by atoms with Crippen LogP contribution < -0.4 is 44.5 Å². The maximum Gasteiger partial charge on any atom is 0.242 e. The van der Waals surface area contributed by atoms with Gasteiger partial charge in [0.25, 0.3) is 0 Å². The molecule has 0 aromatic heterocycles. The Hall–Kier alpha value is -3.87. The zero-order chi connectivity index (χ0) is 23.8. The van der Waals surface area contributed by atoms with Gasteiger partial charge in [-0.15, -0.1) is 5.10 Å². The Kier molecular flexibility index (Phi) is 12.3. The molecule has 0 bridgehead atoms. The zero-order valence-electron chi connectivity index (χ0n) is 17.8. The molecule has 0 saturated carbocycles. The van der Waals surface area contributed by atoms with Gasteiger partial charge in [0.1, 0.15) is 6.04 Å². The molecule has 0 heterocycles. The predicted octanol–water partition coefficient (Wildman–Crippen LogP) is -2.53. The van der Waals surface area contributed by atoms with E-state index in [1.807, 2.05) is 30.3 Å². The summed E-state index contributed by atoms with van der Waals surface area (Å²) in [6, 6.07) is 8.49. The van der Waals surface area contributed by atoms with E-state index in [4.69, 9.17) is 23.2 Å². The number of aliphatic imine (C=N–C) groups is 1. The van der Waals surface area contributed by atoms with Crippen molar-refractivity contribution >= 4 is 29.6 Å². The first kappa shape index (κ1) is 26.2. The minimum Gasteiger partial charge on any atom is -0.370 e. The van der Waals surface area contributed by atoms with Gasteiger partial charge in [-0.2, -0.15) is 0 Å². The minimum atomic E-state index is -0.794. The minimum absolute atomic E-state index is 0.0270. The summed E-state index contributed by atoms with van der Waals surface area (Å²) in [4.78, 5) is 40.7. The number of nitrogens with one attached hydrogen (secondary N) is 4. The van der Waals surface area contributed by atoms with Crippen molar-refractivity contribution in [2.24, 2.45) is 33.2 Å². The number of benzene rings is 1. The van der Waals surface area contributed by atoms with E-state index in [-0.39, 0.29) is 30.7 Å². The molecule has 1 aromatic carbocycles. The Balaban J connectivity index is 2.59. The summed E-state index contributed by atoms with van der Waals surface area (Å²) in [6.07, 6.45) is 1.41. The Morgan fingerprint density at radius 3 is 2.31 bits per heavy atom. The van der Waals surface area contributed by atoms with E-state index in [1.54, 1.807) is 0 Å². The standard InChI is InChI=1S/C19H32N10O3/c20-18(21)25-11-5-4-10-24-17(32)14(12-13-6-2-1-3-7-13)26-15(30)8-9-16(31)27-19(28-22)29-23/h1-3,6-7,14H,4-5,8-12,22-23H2,(H,24,32)(H,26,30)(H4,20,21,25)(H2,27,28,29,31). The van der Waals surface area contributed by atoms with Crippen molar-refractivity contribution in [1.29, 1.82) is 0 Å². The smallest absolute Gasteiger partial charge is 0.242 e. The molecule has 0 aliphatic carbocycles. The molecule has 0 fully saturated rings. The third kappa shape index (κ3) is 11.3. The van der Waals surface area contributed by atoms with E-state index in [1.165, 1.54) is 0 Å². The molecule has 0 saturated heterocycles. The van der Waals surface area contributed by atoms with Gasteiger partial charge in [-0.3, -0.25) is 30.1 Å². The van der Waals surface area contributed by atoms with Gasteiger partial charge in [0.2, 0.25) is 23.7 Å². The van der Waals surface area contributed by atoms with Gasteiger partial charge < -0.3 is 27.9 Å². The second-order valence-corrected chi connectivity index (χ2v) is 6.78. The highest BCUT2D eigenvalue weighted by molar-refractivity contribution is 5.98. The van der Waals surface area contributed by atoms with Crippen molar-refractivity contribution in [2.45, 2.75) is 38.1 Å². The first-order valence-corrected chi connectivity index (χ1v) is 10.1. The van der Waals surface area contributed by atoms with Gasteiger partial charge in [-0.25, -0.2) is 5.84 Å². The number of amides is 3. The van der Waals surface area contributed by atoms with Crippen LogP contribution in [0.5, 0.6) is 0 Å². The van der Waals surface area contributed by atoms with Gasteiger partial charge in [0.05, 0.1) is 0 Å². The molecule has 13 heteroatoms. The van der Waals surface area contributed by atoms with Crippen LogP contribution in [0.25, 0.3) is 0 Å². The highest BCUT2D eigenvalue weighted by Crippen LogP contribution is 2.05. The first-order chi connectivity index (χ1) is 15.3. The van der Waals surface area contributed by atoms with Crippen molar-refractivity contribution in [2.75, 3.05) is 13.1 Å². The second kappa shape index (κ2) is 15.0. The number of rotatable bonds is 12. The molecular formula is C19H32N10O3. The lowest BCUT2D eigenvalue weighted by atomic mass is 10.0. The molecule has 1 atom stereocenters. The number of hydrazine groups is 1. The number of nitrogens with zero attached hydrogens (tertiary/aromatic N) is 2. The number of carbonyl (C=O) groups excluding carboxylic acids is 3. The molecule has 0 aliphatic heterocycles. The van der Waals surface area contributed by atoms with Crippen molar-refractivity contribution in [1.82, 2.24) is 21.4 Å². The van der Waals surface area contributed by atoms with Crippen molar-refractivity contribution in [3.8, 4) is 0 Å². The normalized spacial score (nSPS) is 11.7. The van der Waals surface area contributed by atoms with Crippen LogP contribution in [0.2, 0.25) is 0 Å². The van der Waals surface area contributed by atoms with Gasteiger partial charge in [-0.05, 0) is 18.4 Å². The molecule has 176 valence electrons. The fraction of sp³-hybridized carbons (Fsp3) is 0.421. The molecule has 32 heavy (non-hydrogen) atoms. The topological polar surface area (TPSA) is 228 Å². The molecular weight excluding hydrogens is 416 g/mol. The summed E-state index contributed by atoms with van der Waals surface area (Å²) < 4.78 is 0. The van der Waals surface area contributed by atoms with E-state index >= 15 is 0 Å². The van der Waals surface area contributed by atoms with Crippen LogP contribution in [0.1, 0.15) is 31.2 Å². The molecule has 12 N–H and O–H groups in total. The fourth-order valence-electron chi connectivity index (χ4n) is 2.63. The van der Waals surface area contributed by atoms with Crippen LogP contribution >= 0.6 is 0 Å². The number of unbranched alkanes of at least 4 members (excludes halogenated alkanes) is 1. The molecule has 0 radical (unpaired) electrons. The average Bonchev–Trinajstić information content (AvgIpc) is 2.78. The van der Waals surface area contributed by atoms with Crippen LogP contribution in [0.4, 0.5) is 0 Å². The van der Waals surface area contributed by atoms with Crippen LogP contribution in [-0.4, -0.2) is 48.8 Å². The van der Waals surface area contributed by atoms with E-state index < -0.39 is 17.9 Å². The summed E-state index contributed by atoms with van der Waals surface area (Å²) in [5.41, 5.74) is 13.5. The third-order valence-corrected chi connectivity index (χ3v) is 4.22. The number of nitrogens with two attached hydrogens (primary N) is 4. The van der Waals surface area contributed by atoms with Gasteiger partial charge >= 0.3 is 0 Å². The van der Waals surface area contributed by atoms with Gasteiger partial charge in [0, 0.05) is 32.4 Å². The predicted molar refractivity (Wildman–Crippen MR) is 121 cm³/mol. The summed E-state index contributed by atoms with van der Waals surface area (Å²) >= 11 is 0. The van der Waals surface area contributed by atoms with Crippen molar-refractivity contribution < 1.29 is 14.4 Å². The molecule has 1 rings (SSSR count). The van der Waals surface area contributed by atoms with Gasteiger partial charge in [0.15, 0.2) is 5.96 Å². The van der Waals surface area contributed by atoms with Gasteiger partial charge in [-0.1, -0.05) is 30.3 Å². The number of hydrogen-bond donors (Lipinski definition) is 8. The molecule has 1 unspecified atom stereocenters. The number of carbonyl (C=O) groups is 3. The number of guanidine groups is 2. The van der Waals surface area contributed by atoms with Crippen molar-refractivity contribution in [3.63, 3.8) is 0 Å². The van der Waals surface area contributed by atoms with Crippen LogP contribution in [0.15, 0.2) is 40.4 Å². The Morgan fingerprint density at radius 2 is 1.69 bits per heavy atom. The maximum absolute atomic E-state index is 12.7. The average molecular weight is 449 g/mol. The second-order valence-electron chi connectivity index (χ2n) is 6.78. The van der Waals surface area contributed by atoms with E-state index in [0.717, 1.165) is 5.56 Å². The van der Waals surface area contributed by atoms with Crippen LogP contribution in [0, 0.1) is 0 Å². The van der Waals surface area contributed by atoms with E-state index in [2.05, 4.69) is 31.5 Å². The van der Waals surface area contributed by atoms with Crippen LogP contribution in [-0.2, 0) is 20.8 Å². The molecule has 3 amide bonds. The largest absolute Gasteiger partial charge is 0.370 e. The highest BCUT2D eigenvalue weighted by atomic mass is 16.2. The summed E-state index contributed by atoms with van der Waals surface area (Å²) in [5.74, 6) is 8.78. The first-order valence-electron chi connectivity index (χ1n) is 10.1. The van der Waals surface area contributed by atoms with E-state index in [9.17, 15) is 14.4 Å². The zero-order valence-corrected chi connectivity index (χ0v) is 17.8. The highest BCUT2D eigenvalue weighted by Gasteiger charge is 2.21. The lowest BCUT2D eigenvalue weighted by Crippen LogP contribution is -2.48. The molecule has 0 aliphatic rings. The SMILES string of the molecule is N/N=C(\NN)NC(=O)CCC(=O)NC(Cc1ccccc1)C(=O)NCCCCN=C(N)N. The lowest BCUT2D eigenvalue weighted by molar-refractivity contribution is -0.130. The Bertz CT molecular complexity index is 794. The number of hydrogen-bond acceptors (Lipinski definition) is 7. The monoisotopic (exact) mass is 448 g/mol. The quantitative estimate of drug-likeness (QED) is 0.0557. The molecule has 1 aromatic rings. The van der Waals surface area contributed by atoms with Crippen LogP contribution in [0.3, 0.4) is 0 Å². The number of hydrazone groups is 1. The fourth-order valence-corrected chi connectivity index (χ4v) is 2.63. The summed E-state index contributed by atoms with van der Waals surface area (Å²) in [5, 5.41) is 11.0. The summed E-state index contributed by atoms with van der Waals surface area (Å²) in [6.45, 7) is 0.885. The summed E-state index contributed by atoms with van der Waals surface area (Å²) in [7, 11) is 0.